The van der Waals surface area contributed by atoms with Crippen molar-refractivity contribution in [3.8, 4) is 0 Å². The Morgan fingerprint density at radius 1 is 0.963 bits per heavy atom. The van der Waals surface area contributed by atoms with E-state index in [-0.39, 0.29) is 18.2 Å². The summed E-state index contributed by atoms with van der Waals surface area (Å²) in [6.07, 6.45) is -0.0810. The molecule has 0 aliphatic heterocycles. The van der Waals surface area contributed by atoms with Crippen LogP contribution >= 0.6 is 0 Å². The highest BCUT2D eigenvalue weighted by Crippen LogP contribution is 2.11. The first-order valence-electron chi connectivity index (χ1n) is 8.81. The lowest BCUT2D eigenvalue weighted by atomic mass is 10.1. The quantitative estimate of drug-likeness (QED) is 0.701. The molecule has 0 spiro atoms. The second kappa shape index (κ2) is 10.1. The van der Waals surface area contributed by atoms with Crippen molar-refractivity contribution in [2.45, 2.75) is 32.8 Å². The topological polar surface area (TPSA) is 84.5 Å². The maximum Gasteiger partial charge on any atom is 0.311 e. The summed E-state index contributed by atoms with van der Waals surface area (Å²) in [4.78, 5) is 35.0. The van der Waals surface area contributed by atoms with Crippen molar-refractivity contribution in [1.29, 1.82) is 0 Å². The molecule has 2 aromatic carbocycles. The minimum atomic E-state index is -0.855. The molecule has 0 bridgehead atoms. The van der Waals surface area contributed by atoms with E-state index < -0.39 is 12.1 Å². The van der Waals surface area contributed by atoms with Crippen molar-refractivity contribution in [2.24, 2.45) is 0 Å². The second-order valence-electron chi connectivity index (χ2n) is 6.21. The fourth-order valence-electron chi connectivity index (χ4n) is 2.49. The molecule has 2 amide bonds. The number of anilines is 1. The van der Waals surface area contributed by atoms with Gasteiger partial charge in [0.25, 0.3) is 5.91 Å². The molecule has 0 unspecified atom stereocenters. The van der Waals surface area contributed by atoms with Gasteiger partial charge >= 0.3 is 5.97 Å². The third kappa shape index (κ3) is 7.32. The molecule has 27 heavy (non-hydrogen) atoms. The highest BCUT2D eigenvalue weighted by molar-refractivity contribution is 5.88. The summed E-state index contributed by atoms with van der Waals surface area (Å²) in [6.45, 7) is 3.46. The van der Waals surface area contributed by atoms with Crippen molar-refractivity contribution < 1.29 is 19.1 Å². The predicted octanol–water partition coefficient (Wildman–Crippen LogP) is 2.48. The Balaban J connectivity index is 1.73. The van der Waals surface area contributed by atoms with Gasteiger partial charge in [0.1, 0.15) is 0 Å². The van der Waals surface area contributed by atoms with Gasteiger partial charge in [-0.3, -0.25) is 14.4 Å². The van der Waals surface area contributed by atoms with Gasteiger partial charge in [-0.1, -0.05) is 42.5 Å². The third-order valence-corrected chi connectivity index (χ3v) is 3.86. The number of carbonyl (C=O) groups excluding carboxylic acids is 3. The normalized spacial score (nSPS) is 11.3. The van der Waals surface area contributed by atoms with E-state index in [9.17, 15) is 14.4 Å². The Bertz CT molecular complexity index is 773. The van der Waals surface area contributed by atoms with Gasteiger partial charge in [0.2, 0.25) is 5.91 Å². The number of ether oxygens (including phenoxy) is 1. The zero-order chi connectivity index (χ0) is 19.6. The van der Waals surface area contributed by atoms with E-state index in [1.807, 2.05) is 30.3 Å². The number of carbonyl (C=O) groups is 3. The van der Waals surface area contributed by atoms with Gasteiger partial charge in [-0.25, -0.2) is 0 Å². The molecular formula is C21H24N2O4. The molecule has 6 heteroatoms. The van der Waals surface area contributed by atoms with Gasteiger partial charge in [0, 0.05) is 19.2 Å². The number of benzene rings is 2. The standard InChI is InChI=1S/C21H24N2O4/c1-15(21(26)22-13-12-17-6-4-3-5-7-17)27-20(25)14-18-8-10-19(11-9-18)23-16(2)24/h3-11,15H,12-14H2,1-2H3,(H,22,26)(H,23,24)/t15-/m1/s1. The van der Waals surface area contributed by atoms with Crippen LogP contribution in [-0.4, -0.2) is 30.4 Å². The zero-order valence-electron chi connectivity index (χ0n) is 15.5. The van der Waals surface area contributed by atoms with Crippen LogP contribution in [0.2, 0.25) is 0 Å². The molecule has 2 rings (SSSR count). The van der Waals surface area contributed by atoms with Crippen LogP contribution in [0.15, 0.2) is 54.6 Å². The number of amides is 2. The van der Waals surface area contributed by atoms with Gasteiger partial charge in [0.15, 0.2) is 6.10 Å². The van der Waals surface area contributed by atoms with E-state index in [0.29, 0.717) is 18.7 Å². The van der Waals surface area contributed by atoms with Crippen LogP contribution in [-0.2, 0) is 32.0 Å². The first kappa shape index (κ1) is 20.2. The molecule has 2 aromatic rings. The Morgan fingerprint density at radius 3 is 2.26 bits per heavy atom. The Morgan fingerprint density at radius 2 is 1.63 bits per heavy atom. The SMILES string of the molecule is CC(=O)Nc1ccc(CC(=O)O[C@H](C)C(=O)NCCc2ccccc2)cc1. The molecule has 0 aliphatic rings. The molecule has 0 saturated carbocycles. The highest BCUT2D eigenvalue weighted by atomic mass is 16.5. The smallest absolute Gasteiger partial charge is 0.311 e. The van der Waals surface area contributed by atoms with Crippen molar-refractivity contribution in [1.82, 2.24) is 5.32 Å². The van der Waals surface area contributed by atoms with E-state index in [2.05, 4.69) is 10.6 Å². The summed E-state index contributed by atoms with van der Waals surface area (Å²) >= 11 is 0. The number of esters is 1. The van der Waals surface area contributed by atoms with Crippen LogP contribution in [0.4, 0.5) is 5.69 Å². The van der Waals surface area contributed by atoms with Crippen molar-refractivity contribution >= 4 is 23.5 Å². The number of nitrogens with one attached hydrogen (secondary N) is 2. The summed E-state index contributed by atoms with van der Waals surface area (Å²) in [7, 11) is 0. The third-order valence-electron chi connectivity index (χ3n) is 3.86. The zero-order valence-corrected chi connectivity index (χ0v) is 15.5. The summed E-state index contributed by atoms with van der Waals surface area (Å²) in [5.74, 6) is -0.956. The van der Waals surface area contributed by atoms with Crippen molar-refractivity contribution in [3.05, 3.63) is 65.7 Å². The summed E-state index contributed by atoms with van der Waals surface area (Å²) in [5, 5.41) is 5.43. The molecule has 0 heterocycles. The average Bonchev–Trinajstić information content (AvgIpc) is 2.63. The molecule has 0 radical (unpaired) electrons. The Labute approximate surface area is 158 Å². The first-order chi connectivity index (χ1) is 12.9. The Kier molecular flexibility index (Phi) is 7.55. The fourth-order valence-corrected chi connectivity index (χ4v) is 2.49. The van der Waals surface area contributed by atoms with E-state index in [1.54, 1.807) is 31.2 Å². The molecular weight excluding hydrogens is 344 g/mol. The van der Waals surface area contributed by atoms with Crippen LogP contribution in [0.3, 0.4) is 0 Å². The van der Waals surface area contributed by atoms with Gasteiger partial charge in [-0.15, -0.1) is 0 Å². The molecule has 1 atom stereocenters. The van der Waals surface area contributed by atoms with Crippen LogP contribution < -0.4 is 10.6 Å². The maximum absolute atomic E-state index is 12.0. The van der Waals surface area contributed by atoms with E-state index >= 15 is 0 Å². The van der Waals surface area contributed by atoms with Crippen LogP contribution in [0, 0.1) is 0 Å². The van der Waals surface area contributed by atoms with Gasteiger partial charge < -0.3 is 15.4 Å². The molecule has 0 fully saturated rings. The van der Waals surface area contributed by atoms with E-state index in [4.69, 9.17) is 4.74 Å². The largest absolute Gasteiger partial charge is 0.452 e. The monoisotopic (exact) mass is 368 g/mol. The first-order valence-corrected chi connectivity index (χ1v) is 8.81. The van der Waals surface area contributed by atoms with Crippen LogP contribution in [0.5, 0.6) is 0 Å². The molecule has 0 aromatic heterocycles. The molecule has 2 N–H and O–H groups in total. The lowest BCUT2D eigenvalue weighted by Gasteiger charge is -2.13. The number of hydrogen-bond donors (Lipinski definition) is 2. The van der Waals surface area contributed by atoms with E-state index in [0.717, 1.165) is 11.1 Å². The summed E-state index contributed by atoms with van der Waals surface area (Å²) in [5.41, 5.74) is 2.53. The van der Waals surface area contributed by atoms with Gasteiger partial charge in [-0.05, 0) is 36.6 Å². The second-order valence-corrected chi connectivity index (χ2v) is 6.21. The predicted molar refractivity (Wildman–Crippen MR) is 103 cm³/mol. The Hall–Kier alpha value is -3.15. The van der Waals surface area contributed by atoms with Crippen molar-refractivity contribution in [2.75, 3.05) is 11.9 Å². The minimum Gasteiger partial charge on any atom is -0.452 e. The molecule has 0 saturated heterocycles. The number of rotatable bonds is 8. The van der Waals surface area contributed by atoms with Crippen LogP contribution in [0.25, 0.3) is 0 Å². The maximum atomic E-state index is 12.0. The van der Waals surface area contributed by atoms with Crippen LogP contribution in [0.1, 0.15) is 25.0 Å². The summed E-state index contributed by atoms with van der Waals surface area (Å²) < 4.78 is 5.19. The molecule has 6 nitrogen and oxygen atoms in total. The lowest BCUT2D eigenvalue weighted by molar-refractivity contribution is -0.154. The van der Waals surface area contributed by atoms with Gasteiger partial charge in [0.05, 0.1) is 6.42 Å². The minimum absolute atomic E-state index is 0.0575. The average molecular weight is 368 g/mol. The molecule has 0 aliphatic carbocycles. The van der Waals surface area contributed by atoms with Gasteiger partial charge in [-0.2, -0.15) is 0 Å². The highest BCUT2D eigenvalue weighted by Gasteiger charge is 2.17. The fraction of sp³-hybridized carbons (Fsp3) is 0.286. The summed E-state index contributed by atoms with van der Waals surface area (Å²) in [6, 6.07) is 16.7. The lowest BCUT2D eigenvalue weighted by Crippen LogP contribution is -2.37. The molecule has 142 valence electrons. The van der Waals surface area contributed by atoms with Crippen molar-refractivity contribution in [3.63, 3.8) is 0 Å². The van der Waals surface area contributed by atoms with E-state index in [1.165, 1.54) is 6.92 Å². The number of hydrogen-bond acceptors (Lipinski definition) is 4.